The molecule has 0 spiro atoms. The highest BCUT2D eigenvalue weighted by Gasteiger charge is 2.18. The molecule has 1 rings (SSSR count). The zero-order chi connectivity index (χ0) is 13.9. The van der Waals surface area contributed by atoms with Crippen LogP contribution in [0.2, 0.25) is 0 Å². The summed E-state index contributed by atoms with van der Waals surface area (Å²) in [7, 11) is 0. The number of hydrogen-bond acceptors (Lipinski definition) is 3. The van der Waals surface area contributed by atoms with Gasteiger partial charge < -0.3 is 10.6 Å². The van der Waals surface area contributed by atoms with E-state index in [4.69, 9.17) is 0 Å². The maximum absolute atomic E-state index is 11.7. The molecule has 0 aliphatic heterocycles. The maximum atomic E-state index is 11.7. The third kappa shape index (κ3) is 4.04. The lowest BCUT2D eigenvalue weighted by Gasteiger charge is -2.20. The Morgan fingerprint density at radius 2 is 1.94 bits per heavy atom. The third-order valence-corrected chi connectivity index (χ3v) is 2.09. The molecule has 0 saturated carbocycles. The summed E-state index contributed by atoms with van der Waals surface area (Å²) < 4.78 is 0. The van der Waals surface area contributed by atoms with Crippen LogP contribution in [0.5, 0.6) is 0 Å². The smallest absolute Gasteiger partial charge is 0.319 e. The number of rotatable bonds is 2. The Morgan fingerprint density at radius 1 is 1.33 bits per heavy atom. The van der Waals surface area contributed by atoms with Crippen LogP contribution in [-0.4, -0.2) is 16.5 Å². The van der Waals surface area contributed by atoms with Gasteiger partial charge in [-0.15, -0.1) is 0 Å². The van der Waals surface area contributed by atoms with Crippen LogP contribution < -0.4 is 10.6 Å². The number of aryl methyl sites for hydroxylation is 1. The molecule has 0 heterocycles. The number of nitro benzene ring substituents is 1. The number of carbonyl (C=O) groups is 1. The lowest BCUT2D eigenvalue weighted by molar-refractivity contribution is -0.383. The van der Waals surface area contributed by atoms with E-state index in [1.807, 2.05) is 20.8 Å². The molecule has 0 aliphatic carbocycles. The number of nitro groups is 1. The Hall–Kier alpha value is -2.11. The number of anilines is 1. The van der Waals surface area contributed by atoms with Crippen LogP contribution in [0, 0.1) is 17.0 Å². The minimum atomic E-state index is -0.522. The number of amides is 2. The molecule has 18 heavy (non-hydrogen) atoms. The topological polar surface area (TPSA) is 84.3 Å². The van der Waals surface area contributed by atoms with Crippen molar-refractivity contribution < 1.29 is 9.72 Å². The Kier molecular flexibility index (Phi) is 3.90. The molecule has 2 amide bonds. The average Bonchev–Trinajstić information content (AvgIpc) is 2.13. The number of benzene rings is 1. The van der Waals surface area contributed by atoms with Gasteiger partial charge in [0.2, 0.25) is 0 Å². The monoisotopic (exact) mass is 251 g/mol. The summed E-state index contributed by atoms with van der Waals surface area (Å²) in [6, 6.07) is 4.11. The van der Waals surface area contributed by atoms with Crippen molar-refractivity contribution >= 4 is 17.4 Å². The number of nitrogens with zero attached hydrogens (tertiary/aromatic N) is 1. The molecule has 6 heteroatoms. The lowest BCUT2D eigenvalue weighted by Crippen LogP contribution is -2.43. The first-order valence-corrected chi connectivity index (χ1v) is 5.53. The predicted octanol–water partition coefficient (Wildman–Crippen LogP) is 2.82. The lowest BCUT2D eigenvalue weighted by atomic mass is 10.1. The Labute approximate surface area is 106 Å². The molecule has 1 aromatic rings. The van der Waals surface area contributed by atoms with Gasteiger partial charge in [0.1, 0.15) is 5.69 Å². The van der Waals surface area contributed by atoms with Crippen LogP contribution in [0.25, 0.3) is 0 Å². The van der Waals surface area contributed by atoms with E-state index in [9.17, 15) is 14.9 Å². The molecule has 0 aliphatic rings. The SMILES string of the molecule is Cc1ccc([N+](=O)[O-])c(NC(=O)NC(C)(C)C)c1. The molecule has 0 saturated heterocycles. The van der Waals surface area contributed by atoms with Crippen LogP contribution in [0.4, 0.5) is 16.2 Å². The first-order valence-electron chi connectivity index (χ1n) is 5.53. The first kappa shape index (κ1) is 14.0. The van der Waals surface area contributed by atoms with Gasteiger partial charge in [0.05, 0.1) is 4.92 Å². The highest BCUT2D eigenvalue weighted by atomic mass is 16.6. The van der Waals surface area contributed by atoms with Crippen molar-refractivity contribution in [3.8, 4) is 0 Å². The molecule has 0 fully saturated rings. The van der Waals surface area contributed by atoms with Crippen molar-refractivity contribution in [2.75, 3.05) is 5.32 Å². The third-order valence-electron chi connectivity index (χ3n) is 2.09. The summed E-state index contributed by atoms with van der Waals surface area (Å²) in [4.78, 5) is 22.0. The van der Waals surface area contributed by atoms with E-state index in [0.29, 0.717) is 0 Å². The van der Waals surface area contributed by atoms with Crippen molar-refractivity contribution in [3.05, 3.63) is 33.9 Å². The summed E-state index contributed by atoms with van der Waals surface area (Å²) in [6.07, 6.45) is 0. The van der Waals surface area contributed by atoms with Crippen molar-refractivity contribution in [3.63, 3.8) is 0 Å². The number of urea groups is 1. The van der Waals surface area contributed by atoms with Crippen LogP contribution >= 0.6 is 0 Å². The van der Waals surface area contributed by atoms with Crippen LogP contribution in [0.15, 0.2) is 18.2 Å². The zero-order valence-electron chi connectivity index (χ0n) is 10.9. The van der Waals surface area contributed by atoms with Crippen LogP contribution in [-0.2, 0) is 0 Å². The highest BCUT2D eigenvalue weighted by molar-refractivity contribution is 5.92. The minimum Gasteiger partial charge on any atom is -0.333 e. The molecule has 0 aromatic heterocycles. The number of nitrogens with one attached hydrogen (secondary N) is 2. The normalized spacial score (nSPS) is 10.9. The van der Waals surface area contributed by atoms with Gasteiger partial charge in [-0.05, 0) is 39.3 Å². The van der Waals surface area contributed by atoms with E-state index in [-0.39, 0.29) is 11.4 Å². The van der Waals surface area contributed by atoms with Gasteiger partial charge in [-0.3, -0.25) is 10.1 Å². The maximum Gasteiger partial charge on any atom is 0.319 e. The van der Waals surface area contributed by atoms with E-state index >= 15 is 0 Å². The molecule has 2 N–H and O–H groups in total. The molecular formula is C12H17N3O3. The quantitative estimate of drug-likeness (QED) is 0.626. The summed E-state index contributed by atoms with van der Waals surface area (Å²) in [6.45, 7) is 7.29. The van der Waals surface area contributed by atoms with Gasteiger partial charge in [-0.25, -0.2) is 4.79 Å². The highest BCUT2D eigenvalue weighted by Crippen LogP contribution is 2.25. The van der Waals surface area contributed by atoms with E-state index in [1.165, 1.54) is 6.07 Å². The van der Waals surface area contributed by atoms with Crippen LogP contribution in [0.3, 0.4) is 0 Å². The summed E-state index contributed by atoms with van der Waals surface area (Å²) >= 11 is 0. The molecule has 0 radical (unpaired) electrons. The largest absolute Gasteiger partial charge is 0.333 e. The van der Waals surface area contributed by atoms with Crippen LogP contribution in [0.1, 0.15) is 26.3 Å². The van der Waals surface area contributed by atoms with Gasteiger partial charge >= 0.3 is 6.03 Å². The number of carbonyl (C=O) groups excluding carboxylic acids is 1. The van der Waals surface area contributed by atoms with E-state index in [1.54, 1.807) is 19.1 Å². The van der Waals surface area contributed by atoms with Gasteiger partial charge in [0.25, 0.3) is 5.69 Å². The second kappa shape index (κ2) is 5.03. The molecule has 0 bridgehead atoms. The molecule has 6 nitrogen and oxygen atoms in total. The Morgan fingerprint density at radius 3 is 2.44 bits per heavy atom. The fraction of sp³-hybridized carbons (Fsp3) is 0.417. The second-order valence-electron chi connectivity index (χ2n) is 5.11. The zero-order valence-corrected chi connectivity index (χ0v) is 10.9. The minimum absolute atomic E-state index is 0.121. The Bertz CT molecular complexity index is 478. The molecule has 0 atom stereocenters. The Balaban J connectivity index is 2.93. The van der Waals surface area contributed by atoms with Gasteiger partial charge in [0.15, 0.2) is 0 Å². The molecule has 0 unspecified atom stereocenters. The van der Waals surface area contributed by atoms with Crippen molar-refractivity contribution in [1.29, 1.82) is 0 Å². The number of hydrogen-bond donors (Lipinski definition) is 2. The summed E-state index contributed by atoms with van der Waals surface area (Å²) in [5.74, 6) is 0. The summed E-state index contributed by atoms with van der Waals surface area (Å²) in [5.41, 5.74) is 0.515. The molecule has 1 aromatic carbocycles. The predicted molar refractivity (Wildman–Crippen MR) is 69.7 cm³/mol. The first-order chi connectivity index (χ1) is 8.19. The van der Waals surface area contributed by atoms with Gasteiger partial charge in [-0.1, -0.05) is 6.07 Å². The standard InChI is InChI=1S/C12H17N3O3/c1-8-5-6-10(15(17)18)9(7-8)13-11(16)14-12(2,3)4/h5-7H,1-4H3,(H2,13,14,16). The fourth-order valence-electron chi connectivity index (χ4n) is 1.40. The van der Waals surface area contributed by atoms with E-state index in [0.717, 1.165) is 5.56 Å². The average molecular weight is 251 g/mol. The van der Waals surface area contributed by atoms with Gasteiger partial charge in [-0.2, -0.15) is 0 Å². The van der Waals surface area contributed by atoms with Crippen molar-refractivity contribution in [2.24, 2.45) is 0 Å². The van der Waals surface area contributed by atoms with Crippen molar-refractivity contribution in [2.45, 2.75) is 33.2 Å². The van der Waals surface area contributed by atoms with Crippen molar-refractivity contribution in [1.82, 2.24) is 5.32 Å². The molecule has 98 valence electrons. The summed E-state index contributed by atoms with van der Waals surface area (Å²) in [5, 5.41) is 16.0. The van der Waals surface area contributed by atoms with Gasteiger partial charge in [0, 0.05) is 11.6 Å². The second-order valence-corrected chi connectivity index (χ2v) is 5.11. The van der Waals surface area contributed by atoms with E-state index in [2.05, 4.69) is 10.6 Å². The van der Waals surface area contributed by atoms with E-state index < -0.39 is 16.5 Å². The molecular weight excluding hydrogens is 234 g/mol. The fourth-order valence-corrected chi connectivity index (χ4v) is 1.40.